The van der Waals surface area contributed by atoms with E-state index in [2.05, 4.69) is 10.4 Å². The number of aryl methyl sites for hydroxylation is 1. The summed E-state index contributed by atoms with van der Waals surface area (Å²) in [4.78, 5) is 11.9. The maximum absolute atomic E-state index is 11.9. The summed E-state index contributed by atoms with van der Waals surface area (Å²) in [6.07, 6.45) is 3.58. The van der Waals surface area contributed by atoms with Gasteiger partial charge in [-0.2, -0.15) is 5.10 Å². The van der Waals surface area contributed by atoms with Crippen molar-refractivity contribution in [2.75, 3.05) is 12.3 Å². The van der Waals surface area contributed by atoms with E-state index in [0.29, 0.717) is 24.3 Å². The van der Waals surface area contributed by atoms with E-state index >= 15 is 0 Å². The third-order valence-electron chi connectivity index (χ3n) is 2.68. The van der Waals surface area contributed by atoms with Gasteiger partial charge in [0.1, 0.15) is 0 Å². The van der Waals surface area contributed by atoms with Crippen LogP contribution in [0.5, 0.6) is 0 Å². The van der Waals surface area contributed by atoms with Crippen molar-refractivity contribution in [3.05, 3.63) is 47.8 Å². The molecule has 2 aromatic rings. The highest BCUT2D eigenvalue weighted by molar-refractivity contribution is 5.95. The molecule has 0 atom stereocenters. The van der Waals surface area contributed by atoms with Crippen LogP contribution < -0.4 is 11.1 Å². The summed E-state index contributed by atoms with van der Waals surface area (Å²) in [7, 11) is 0. The van der Waals surface area contributed by atoms with Gasteiger partial charge in [-0.15, -0.1) is 0 Å². The van der Waals surface area contributed by atoms with Gasteiger partial charge in [-0.25, -0.2) is 0 Å². The molecular formula is C13H16N4O. The molecule has 0 fully saturated rings. The smallest absolute Gasteiger partial charge is 0.251 e. The second-order valence-electron chi connectivity index (χ2n) is 4.10. The van der Waals surface area contributed by atoms with E-state index in [-0.39, 0.29) is 5.91 Å². The molecular weight excluding hydrogens is 228 g/mol. The van der Waals surface area contributed by atoms with Crippen LogP contribution in [0.4, 0.5) is 5.69 Å². The van der Waals surface area contributed by atoms with E-state index < -0.39 is 0 Å². The van der Waals surface area contributed by atoms with E-state index in [1.807, 2.05) is 19.2 Å². The van der Waals surface area contributed by atoms with Crippen LogP contribution >= 0.6 is 0 Å². The zero-order valence-corrected chi connectivity index (χ0v) is 10.3. The molecule has 0 aliphatic rings. The molecule has 0 radical (unpaired) electrons. The lowest BCUT2D eigenvalue weighted by Crippen LogP contribution is -2.27. The van der Waals surface area contributed by atoms with Crippen molar-refractivity contribution in [3.8, 4) is 0 Å². The second kappa shape index (κ2) is 5.35. The van der Waals surface area contributed by atoms with Gasteiger partial charge in [0.25, 0.3) is 5.91 Å². The minimum Gasteiger partial charge on any atom is -0.399 e. The SMILES string of the molecule is Cc1cc(N)ccc1C(=O)NCCn1cccn1. The summed E-state index contributed by atoms with van der Waals surface area (Å²) < 4.78 is 1.77. The van der Waals surface area contributed by atoms with Gasteiger partial charge in [0.2, 0.25) is 0 Å². The highest BCUT2D eigenvalue weighted by atomic mass is 16.1. The molecule has 18 heavy (non-hydrogen) atoms. The van der Waals surface area contributed by atoms with Crippen molar-refractivity contribution < 1.29 is 4.79 Å². The quantitative estimate of drug-likeness (QED) is 0.794. The van der Waals surface area contributed by atoms with Crippen LogP contribution in [-0.2, 0) is 6.54 Å². The average Bonchev–Trinajstić information content (AvgIpc) is 2.81. The van der Waals surface area contributed by atoms with Gasteiger partial charge >= 0.3 is 0 Å². The monoisotopic (exact) mass is 244 g/mol. The van der Waals surface area contributed by atoms with Crippen LogP contribution in [0.15, 0.2) is 36.7 Å². The number of amides is 1. The average molecular weight is 244 g/mol. The predicted molar refractivity (Wildman–Crippen MR) is 70.2 cm³/mol. The first-order valence-electron chi connectivity index (χ1n) is 5.78. The molecule has 0 saturated carbocycles. The first kappa shape index (κ1) is 12.2. The molecule has 94 valence electrons. The maximum atomic E-state index is 11.9. The van der Waals surface area contributed by atoms with Gasteiger partial charge in [-0.1, -0.05) is 0 Å². The number of hydrogen-bond acceptors (Lipinski definition) is 3. The van der Waals surface area contributed by atoms with E-state index in [4.69, 9.17) is 5.73 Å². The van der Waals surface area contributed by atoms with Crippen LogP contribution in [0.3, 0.4) is 0 Å². The summed E-state index contributed by atoms with van der Waals surface area (Å²) in [5.41, 5.74) is 7.85. The Balaban J connectivity index is 1.91. The summed E-state index contributed by atoms with van der Waals surface area (Å²) in [5, 5.41) is 6.92. The Morgan fingerprint density at radius 2 is 2.33 bits per heavy atom. The molecule has 0 bridgehead atoms. The van der Waals surface area contributed by atoms with Crippen LogP contribution in [0.2, 0.25) is 0 Å². The van der Waals surface area contributed by atoms with Crippen molar-refractivity contribution in [1.29, 1.82) is 0 Å². The standard InChI is InChI=1S/C13H16N4O/c1-10-9-11(14)3-4-12(10)13(18)15-6-8-17-7-2-5-16-17/h2-5,7,9H,6,8,14H2,1H3,(H,15,18). The summed E-state index contributed by atoms with van der Waals surface area (Å²) >= 11 is 0. The normalized spacial score (nSPS) is 10.3. The fraction of sp³-hybridized carbons (Fsp3) is 0.231. The second-order valence-corrected chi connectivity index (χ2v) is 4.10. The summed E-state index contributed by atoms with van der Waals surface area (Å²) in [6, 6.07) is 7.12. The van der Waals surface area contributed by atoms with E-state index in [1.54, 1.807) is 29.1 Å². The number of carbonyl (C=O) groups is 1. The summed E-state index contributed by atoms with van der Waals surface area (Å²) in [5.74, 6) is -0.0837. The Morgan fingerprint density at radius 3 is 3.00 bits per heavy atom. The number of carbonyl (C=O) groups excluding carboxylic acids is 1. The Kier molecular flexibility index (Phi) is 3.62. The zero-order chi connectivity index (χ0) is 13.0. The van der Waals surface area contributed by atoms with Crippen molar-refractivity contribution in [2.24, 2.45) is 0 Å². The lowest BCUT2D eigenvalue weighted by Gasteiger charge is -2.08. The first-order chi connectivity index (χ1) is 8.66. The van der Waals surface area contributed by atoms with E-state index in [9.17, 15) is 4.79 Å². The van der Waals surface area contributed by atoms with Crippen LogP contribution in [0.1, 0.15) is 15.9 Å². The molecule has 0 unspecified atom stereocenters. The van der Waals surface area contributed by atoms with E-state index in [1.165, 1.54) is 0 Å². The largest absolute Gasteiger partial charge is 0.399 e. The van der Waals surface area contributed by atoms with Gasteiger partial charge < -0.3 is 11.1 Å². The van der Waals surface area contributed by atoms with Crippen molar-refractivity contribution in [2.45, 2.75) is 13.5 Å². The number of benzene rings is 1. The molecule has 0 spiro atoms. The molecule has 5 nitrogen and oxygen atoms in total. The number of aromatic nitrogens is 2. The van der Waals surface area contributed by atoms with Gasteiger partial charge in [0.15, 0.2) is 0 Å². The number of hydrogen-bond donors (Lipinski definition) is 2. The third-order valence-corrected chi connectivity index (χ3v) is 2.68. The summed E-state index contributed by atoms with van der Waals surface area (Å²) in [6.45, 7) is 3.08. The first-order valence-corrected chi connectivity index (χ1v) is 5.78. The van der Waals surface area contributed by atoms with Crippen molar-refractivity contribution in [3.63, 3.8) is 0 Å². The highest BCUT2D eigenvalue weighted by Gasteiger charge is 2.08. The minimum absolute atomic E-state index is 0.0837. The van der Waals surface area contributed by atoms with Crippen molar-refractivity contribution >= 4 is 11.6 Å². The predicted octanol–water partition coefficient (Wildman–Crippen LogP) is 1.20. The van der Waals surface area contributed by atoms with Gasteiger partial charge in [0.05, 0.1) is 6.54 Å². The molecule has 1 aromatic heterocycles. The molecule has 0 aliphatic carbocycles. The molecule has 1 aromatic carbocycles. The third kappa shape index (κ3) is 2.88. The van der Waals surface area contributed by atoms with Crippen LogP contribution in [0.25, 0.3) is 0 Å². The molecule has 0 saturated heterocycles. The van der Waals surface area contributed by atoms with Crippen LogP contribution in [0, 0.1) is 6.92 Å². The highest BCUT2D eigenvalue weighted by Crippen LogP contribution is 2.12. The minimum atomic E-state index is -0.0837. The molecule has 5 heteroatoms. The van der Waals surface area contributed by atoms with Crippen LogP contribution in [-0.4, -0.2) is 22.2 Å². The number of anilines is 1. The van der Waals surface area contributed by atoms with Gasteiger partial charge in [0, 0.05) is 30.2 Å². The topological polar surface area (TPSA) is 72.9 Å². The zero-order valence-electron chi connectivity index (χ0n) is 10.3. The number of nitrogens with two attached hydrogens (primary N) is 1. The molecule has 1 amide bonds. The molecule has 0 aliphatic heterocycles. The number of nitrogens with one attached hydrogen (secondary N) is 1. The Morgan fingerprint density at radius 1 is 1.50 bits per heavy atom. The lowest BCUT2D eigenvalue weighted by molar-refractivity contribution is 0.0951. The van der Waals surface area contributed by atoms with Gasteiger partial charge in [-0.05, 0) is 36.8 Å². The number of nitrogen functional groups attached to an aromatic ring is 1. The van der Waals surface area contributed by atoms with E-state index in [0.717, 1.165) is 5.56 Å². The lowest BCUT2D eigenvalue weighted by atomic mass is 10.1. The Bertz CT molecular complexity index is 534. The fourth-order valence-corrected chi connectivity index (χ4v) is 1.75. The fourth-order valence-electron chi connectivity index (χ4n) is 1.75. The van der Waals surface area contributed by atoms with Gasteiger partial charge in [-0.3, -0.25) is 9.48 Å². The maximum Gasteiger partial charge on any atom is 0.251 e. The molecule has 1 heterocycles. The Hall–Kier alpha value is -2.30. The number of nitrogens with zero attached hydrogens (tertiary/aromatic N) is 2. The number of rotatable bonds is 4. The van der Waals surface area contributed by atoms with Crippen molar-refractivity contribution in [1.82, 2.24) is 15.1 Å². The molecule has 2 rings (SSSR count). The molecule has 3 N–H and O–H groups in total. The Labute approximate surface area is 106 Å².